The second-order valence-corrected chi connectivity index (χ2v) is 8.11. The van der Waals surface area contributed by atoms with E-state index < -0.39 is 22.9 Å². The fraction of sp³-hybridized carbons (Fsp3) is 0.211. The van der Waals surface area contributed by atoms with Gasteiger partial charge in [-0.3, -0.25) is 4.98 Å². The molecule has 0 bridgehead atoms. The molecule has 0 spiro atoms. The van der Waals surface area contributed by atoms with Crippen molar-refractivity contribution < 1.29 is 26.7 Å². The Bertz CT molecular complexity index is 1350. The van der Waals surface area contributed by atoms with Crippen LogP contribution < -0.4 is 14.2 Å². The third kappa shape index (κ3) is 3.81. The topological polar surface area (TPSA) is 119 Å². The number of hydrogen-bond acceptors (Lipinski definition) is 7. The number of benzene rings is 1. The van der Waals surface area contributed by atoms with Crippen molar-refractivity contribution in [1.82, 2.24) is 19.9 Å². The number of nitrogens with zero attached hydrogens (tertiary/aromatic N) is 3. The first-order valence-electron chi connectivity index (χ1n) is 8.98. The summed E-state index contributed by atoms with van der Waals surface area (Å²) >= 11 is 0. The first kappa shape index (κ1) is 20.7. The van der Waals surface area contributed by atoms with Crippen LogP contribution in [0, 0.1) is 0 Å². The molecule has 12 heteroatoms. The van der Waals surface area contributed by atoms with Crippen molar-refractivity contribution in [2.24, 2.45) is 0 Å². The molecule has 0 saturated carbocycles. The van der Waals surface area contributed by atoms with Crippen molar-refractivity contribution in [2.45, 2.75) is 17.7 Å². The van der Waals surface area contributed by atoms with Crippen LogP contribution in [0.15, 0.2) is 41.6 Å². The minimum Gasteiger partial charge on any atom is -0.481 e. The number of rotatable bonds is 7. The van der Waals surface area contributed by atoms with E-state index in [0.717, 1.165) is 5.39 Å². The lowest BCUT2D eigenvalue weighted by Crippen LogP contribution is -2.16. The van der Waals surface area contributed by atoms with Crippen molar-refractivity contribution in [3.8, 4) is 11.8 Å². The van der Waals surface area contributed by atoms with Gasteiger partial charge in [-0.1, -0.05) is 18.2 Å². The normalized spacial score (nSPS) is 11.9. The Morgan fingerprint density at radius 1 is 1.13 bits per heavy atom. The van der Waals surface area contributed by atoms with Gasteiger partial charge in [-0.05, 0) is 6.07 Å². The quantitative estimate of drug-likeness (QED) is 0.445. The molecule has 0 amide bonds. The van der Waals surface area contributed by atoms with Gasteiger partial charge in [0, 0.05) is 29.6 Å². The highest BCUT2D eigenvalue weighted by molar-refractivity contribution is 7.93. The molecule has 0 saturated heterocycles. The lowest BCUT2D eigenvalue weighted by molar-refractivity contribution is 0.146. The van der Waals surface area contributed by atoms with Crippen LogP contribution in [-0.2, 0) is 16.4 Å². The van der Waals surface area contributed by atoms with E-state index in [1.807, 2.05) is 12.1 Å². The van der Waals surface area contributed by atoms with Crippen LogP contribution in [0.3, 0.4) is 0 Å². The van der Waals surface area contributed by atoms with Gasteiger partial charge in [0.05, 0.1) is 30.8 Å². The maximum absolute atomic E-state index is 13.0. The third-order valence-electron chi connectivity index (χ3n) is 4.58. The molecular weight excluding hydrogens is 432 g/mol. The molecule has 0 unspecified atom stereocenters. The summed E-state index contributed by atoms with van der Waals surface area (Å²) in [6.07, 6.45) is -0.453. The highest BCUT2D eigenvalue weighted by atomic mass is 32.2. The van der Waals surface area contributed by atoms with Gasteiger partial charge in [0.25, 0.3) is 10.0 Å². The molecule has 0 radical (unpaired) electrons. The number of aromatic amines is 1. The summed E-state index contributed by atoms with van der Waals surface area (Å²) in [6, 6.07) is 7.13. The molecule has 0 atom stereocenters. The number of methoxy groups -OCH3 is 2. The van der Waals surface area contributed by atoms with Gasteiger partial charge in [-0.25, -0.2) is 21.9 Å². The zero-order valence-electron chi connectivity index (χ0n) is 16.4. The number of halogens is 2. The standard InChI is InChI=1S/C19H17F2N5O4S/c1-29-17-12(8-14(20)21)18(30-2)25-19(24-17)26-31(27,28)13-9-23-16-11(13)6-5-10-4-3-7-22-15(10)16/h3-7,9,14,22H,8H2,1-2H3,(H,24,25,26). The summed E-state index contributed by atoms with van der Waals surface area (Å²) in [6.45, 7) is 0. The number of sulfonamides is 1. The summed E-state index contributed by atoms with van der Waals surface area (Å²) < 4.78 is 64.1. The van der Waals surface area contributed by atoms with Crippen molar-refractivity contribution >= 4 is 37.8 Å². The predicted octanol–water partition coefficient (Wildman–Crippen LogP) is 3.13. The van der Waals surface area contributed by atoms with Crippen molar-refractivity contribution in [3.05, 3.63) is 42.2 Å². The molecule has 4 rings (SSSR count). The second kappa shape index (κ2) is 7.95. The summed E-state index contributed by atoms with van der Waals surface area (Å²) in [7, 11) is -1.71. The highest BCUT2D eigenvalue weighted by Crippen LogP contribution is 2.31. The fourth-order valence-corrected chi connectivity index (χ4v) is 4.34. The van der Waals surface area contributed by atoms with Crippen LogP contribution in [0.25, 0.3) is 21.8 Å². The number of anilines is 1. The fourth-order valence-electron chi connectivity index (χ4n) is 3.25. The maximum Gasteiger partial charge on any atom is 0.266 e. The number of hydrogen-bond donors (Lipinski definition) is 2. The Labute approximate surface area is 175 Å². The van der Waals surface area contributed by atoms with Crippen LogP contribution in [0.2, 0.25) is 0 Å². The van der Waals surface area contributed by atoms with E-state index in [1.54, 1.807) is 18.3 Å². The number of fused-ring (bicyclic) bond motifs is 3. The van der Waals surface area contributed by atoms with Gasteiger partial charge >= 0.3 is 0 Å². The average molecular weight is 449 g/mol. The third-order valence-corrected chi connectivity index (χ3v) is 5.93. The Morgan fingerprint density at radius 2 is 1.84 bits per heavy atom. The van der Waals surface area contributed by atoms with E-state index in [0.29, 0.717) is 16.4 Å². The van der Waals surface area contributed by atoms with Crippen LogP contribution in [-0.4, -0.2) is 49.0 Å². The van der Waals surface area contributed by atoms with E-state index in [2.05, 4.69) is 24.7 Å². The molecule has 3 aromatic heterocycles. The minimum atomic E-state index is -4.16. The van der Waals surface area contributed by atoms with Gasteiger partial charge < -0.3 is 14.5 Å². The first-order chi connectivity index (χ1) is 14.8. The zero-order valence-corrected chi connectivity index (χ0v) is 17.2. The number of aromatic nitrogens is 4. The van der Waals surface area contributed by atoms with Gasteiger partial charge in [-0.2, -0.15) is 9.97 Å². The number of pyridine rings is 1. The van der Waals surface area contributed by atoms with Crippen molar-refractivity contribution in [1.29, 1.82) is 0 Å². The number of ether oxygens (including phenoxy) is 2. The summed E-state index contributed by atoms with van der Waals surface area (Å²) in [4.78, 5) is 15.1. The molecule has 3 heterocycles. The maximum atomic E-state index is 13.0. The molecule has 0 aliphatic rings. The SMILES string of the molecule is COc1nc(NS(=O)(=O)c2cnc3c2ccc2ccc[nH]c23)nc(OC)c1CC(F)F. The van der Waals surface area contributed by atoms with Crippen molar-refractivity contribution in [3.63, 3.8) is 0 Å². The smallest absolute Gasteiger partial charge is 0.266 e. The van der Waals surface area contributed by atoms with Crippen LogP contribution in [0.1, 0.15) is 5.56 Å². The number of H-pyrrole nitrogens is 1. The largest absolute Gasteiger partial charge is 0.481 e. The monoisotopic (exact) mass is 449 g/mol. The lowest BCUT2D eigenvalue weighted by Gasteiger charge is -2.13. The Balaban J connectivity index is 1.76. The van der Waals surface area contributed by atoms with E-state index in [4.69, 9.17) is 9.47 Å². The first-order valence-corrected chi connectivity index (χ1v) is 10.5. The Hall–Kier alpha value is -3.54. The Morgan fingerprint density at radius 3 is 2.48 bits per heavy atom. The molecule has 0 fully saturated rings. The molecular formula is C19H17F2N5O4S. The van der Waals surface area contributed by atoms with Crippen LogP contribution in [0.5, 0.6) is 11.8 Å². The predicted molar refractivity (Wildman–Crippen MR) is 109 cm³/mol. The molecule has 4 aromatic rings. The van der Waals surface area contributed by atoms with Gasteiger partial charge in [0.15, 0.2) is 0 Å². The van der Waals surface area contributed by atoms with Crippen molar-refractivity contribution in [2.75, 3.05) is 18.9 Å². The van der Waals surface area contributed by atoms with Gasteiger partial charge in [0.2, 0.25) is 24.1 Å². The summed E-state index contributed by atoms with van der Waals surface area (Å²) in [5, 5.41) is 1.27. The molecule has 2 N–H and O–H groups in total. The second-order valence-electron chi connectivity index (χ2n) is 6.46. The van der Waals surface area contributed by atoms with Crippen LogP contribution >= 0.6 is 0 Å². The molecule has 0 aliphatic carbocycles. The number of alkyl halides is 2. The summed E-state index contributed by atoms with van der Waals surface area (Å²) in [5.74, 6) is -0.805. The van der Waals surface area contributed by atoms with Crippen LogP contribution in [0.4, 0.5) is 14.7 Å². The zero-order chi connectivity index (χ0) is 22.2. The Kier molecular flexibility index (Phi) is 5.31. The molecule has 0 aliphatic heterocycles. The number of nitrogens with one attached hydrogen (secondary N) is 2. The lowest BCUT2D eigenvalue weighted by atomic mass is 10.1. The minimum absolute atomic E-state index is 0.0645. The van der Waals surface area contributed by atoms with E-state index >= 15 is 0 Å². The molecule has 162 valence electrons. The molecule has 31 heavy (non-hydrogen) atoms. The van der Waals surface area contributed by atoms with Gasteiger partial charge in [-0.15, -0.1) is 0 Å². The van der Waals surface area contributed by atoms with E-state index in [1.165, 1.54) is 20.4 Å². The van der Waals surface area contributed by atoms with Gasteiger partial charge in [0.1, 0.15) is 4.90 Å². The molecule has 1 aromatic carbocycles. The average Bonchev–Trinajstić information content (AvgIpc) is 3.19. The summed E-state index contributed by atoms with van der Waals surface area (Å²) in [5.41, 5.74) is 1.12. The highest BCUT2D eigenvalue weighted by Gasteiger charge is 2.25. The van der Waals surface area contributed by atoms with E-state index in [9.17, 15) is 17.2 Å². The van der Waals surface area contributed by atoms with E-state index in [-0.39, 0.29) is 28.2 Å². The molecule has 9 nitrogen and oxygen atoms in total.